The largest absolute Gasteiger partial charge is 0.396 e. The predicted octanol–water partition coefficient (Wildman–Crippen LogP) is 3.44. The van der Waals surface area contributed by atoms with Crippen LogP contribution in [0.2, 0.25) is 0 Å². The molecule has 0 saturated carbocycles. The van der Waals surface area contributed by atoms with Crippen LogP contribution in [0.3, 0.4) is 0 Å². The Morgan fingerprint density at radius 2 is 1.76 bits per heavy atom. The first-order valence-corrected chi connectivity index (χ1v) is 13.1. The topological polar surface area (TPSA) is 155 Å². The van der Waals surface area contributed by atoms with E-state index in [1.54, 1.807) is 0 Å². The van der Waals surface area contributed by atoms with Gasteiger partial charge in [0.25, 0.3) is 5.91 Å². The van der Waals surface area contributed by atoms with Gasteiger partial charge in [-0.1, -0.05) is 0 Å². The molecule has 0 unspecified atom stereocenters. The van der Waals surface area contributed by atoms with Crippen molar-refractivity contribution in [3.63, 3.8) is 0 Å². The minimum absolute atomic E-state index is 0.0899. The molecule has 0 aliphatic carbocycles. The van der Waals surface area contributed by atoms with Gasteiger partial charge >= 0.3 is 0 Å². The summed E-state index contributed by atoms with van der Waals surface area (Å²) in [5.41, 5.74) is 7.84. The van der Waals surface area contributed by atoms with Crippen LogP contribution in [-0.2, 0) is 0 Å². The van der Waals surface area contributed by atoms with Crippen molar-refractivity contribution in [3.8, 4) is 6.07 Å². The van der Waals surface area contributed by atoms with E-state index in [0.29, 0.717) is 37.3 Å². The van der Waals surface area contributed by atoms with Crippen molar-refractivity contribution in [2.45, 2.75) is 44.9 Å². The molecular formula is C27H36N8O2. The second-order valence-corrected chi connectivity index (χ2v) is 9.90. The van der Waals surface area contributed by atoms with Crippen LogP contribution in [0.25, 0.3) is 0 Å². The molecule has 0 bridgehead atoms. The first-order chi connectivity index (χ1) is 18.0. The normalized spacial score (nSPS) is 16.9. The summed E-state index contributed by atoms with van der Waals surface area (Å²) in [6, 6.07) is 10.3. The van der Waals surface area contributed by atoms with Gasteiger partial charge in [0.2, 0.25) is 5.95 Å². The average molecular weight is 505 g/mol. The first-order valence-electron chi connectivity index (χ1n) is 13.1. The number of aliphatic hydroxyl groups excluding tert-OH is 1. The van der Waals surface area contributed by atoms with E-state index in [9.17, 15) is 4.79 Å². The van der Waals surface area contributed by atoms with Gasteiger partial charge in [0, 0.05) is 56.8 Å². The molecular weight excluding hydrogens is 468 g/mol. The lowest BCUT2D eigenvalue weighted by atomic mass is 9.92. The minimum atomic E-state index is -0.694. The van der Waals surface area contributed by atoms with Crippen LogP contribution in [0, 0.1) is 28.6 Å². The smallest absolute Gasteiger partial charge is 0.254 e. The Bertz CT molecular complexity index is 1110. The number of anilines is 4. The molecule has 10 heteroatoms. The molecule has 2 aliphatic heterocycles. The second-order valence-electron chi connectivity index (χ2n) is 9.90. The number of nitrogens with one attached hydrogen (secondary N) is 2. The van der Waals surface area contributed by atoms with E-state index < -0.39 is 5.91 Å². The van der Waals surface area contributed by atoms with Crippen LogP contribution >= 0.6 is 0 Å². The molecule has 10 nitrogen and oxygen atoms in total. The number of piperidine rings is 2. The number of aliphatic hydroxyl groups is 1. The summed E-state index contributed by atoms with van der Waals surface area (Å²) in [5.74, 6) is 1.09. The van der Waals surface area contributed by atoms with Crippen molar-refractivity contribution in [1.29, 1.82) is 10.7 Å². The second kappa shape index (κ2) is 12.5. The fourth-order valence-electron chi connectivity index (χ4n) is 5.26. The van der Waals surface area contributed by atoms with Crippen molar-refractivity contribution < 1.29 is 9.90 Å². The molecule has 0 spiro atoms. The highest BCUT2D eigenvalue weighted by Crippen LogP contribution is 2.30. The van der Waals surface area contributed by atoms with Crippen LogP contribution in [0.15, 0.2) is 24.3 Å². The standard InChI is InChI=1S/C27H36N8O2/c28-12-7-20-10-15-35(16-11-20)27-32-23(18-29)24(25(30)37)26(33-27)31-21-3-5-22(6-4-21)34-13-8-19(9-14-34)2-1-17-36/h3-6,18-20,29,36H,1-2,7-11,13-17H2,(H2,30,37)(H,31,32,33). The van der Waals surface area contributed by atoms with Crippen molar-refractivity contribution in [3.05, 3.63) is 35.5 Å². The molecule has 196 valence electrons. The van der Waals surface area contributed by atoms with E-state index in [-0.39, 0.29) is 23.7 Å². The number of hydrogen-bond donors (Lipinski definition) is 4. The van der Waals surface area contributed by atoms with Crippen LogP contribution < -0.4 is 20.9 Å². The highest BCUT2D eigenvalue weighted by molar-refractivity contribution is 6.04. The van der Waals surface area contributed by atoms with Gasteiger partial charge in [0.05, 0.1) is 6.07 Å². The van der Waals surface area contributed by atoms with E-state index in [0.717, 1.165) is 69.2 Å². The van der Waals surface area contributed by atoms with Gasteiger partial charge in [-0.3, -0.25) is 4.79 Å². The fraction of sp³-hybridized carbons (Fsp3) is 0.519. The number of benzene rings is 1. The molecule has 2 fully saturated rings. The maximum Gasteiger partial charge on any atom is 0.254 e. The zero-order valence-electron chi connectivity index (χ0n) is 21.2. The van der Waals surface area contributed by atoms with Crippen molar-refractivity contribution in [1.82, 2.24) is 9.97 Å². The van der Waals surface area contributed by atoms with Crippen molar-refractivity contribution in [2.24, 2.45) is 17.6 Å². The number of hydrogen-bond acceptors (Lipinski definition) is 9. The van der Waals surface area contributed by atoms with E-state index in [1.807, 2.05) is 17.0 Å². The summed E-state index contributed by atoms with van der Waals surface area (Å²) in [5, 5.41) is 29.1. The number of nitriles is 1. The van der Waals surface area contributed by atoms with E-state index in [2.05, 4.69) is 38.4 Å². The predicted molar refractivity (Wildman–Crippen MR) is 145 cm³/mol. The number of carbonyl (C=O) groups excluding carboxylic acids is 1. The van der Waals surface area contributed by atoms with Gasteiger partial charge in [-0.15, -0.1) is 0 Å². The Hall–Kier alpha value is -3.71. The molecule has 1 aromatic heterocycles. The van der Waals surface area contributed by atoms with Crippen LogP contribution in [0.1, 0.15) is 61.0 Å². The molecule has 0 radical (unpaired) electrons. The third-order valence-corrected chi connectivity index (χ3v) is 7.47. The molecule has 3 heterocycles. The number of aromatic nitrogens is 2. The highest BCUT2D eigenvalue weighted by Gasteiger charge is 2.25. The van der Waals surface area contributed by atoms with E-state index in [4.69, 9.17) is 21.5 Å². The van der Waals surface area contributed by atoms with E-state index in [1.165, 1.54) is 0 Å². The zero-order chi connectivity index (χ0) is 26.2. The fourth-order valence-corrected chi connectivity index (χ4v) is 5.26. The highest BCUT2D eigenvalue weighted by atomic mass is 16.3. The Balaban J connectivity index is 1.49. The number of amides is 1. The maximum absolute atomic E-state index is 12.3. The molecule has 1 aromatic carbocycles. The van der Waals surface area contributed by atoms with Gasteiger partial charge < -0.3 is 31.4 Å². The van der Waals surface area contributed by atoms with E-state index >= 15 is 0 Å². The Kier molecular flexibility index (Phi) is 8.90. The molecule has 37 heavy (non-hydrogen) atoms. The summed E-state index contributed by atoms with van der Waals surface area (Å²) >= 11 is 0. The maximum atomic E-state index is 12.3. The number of primary amides is 1. The average Bonchev–Trinajstić information content (AvgIpc) is 2.92. The molecule has 2 saturated heterocycles. The third-order valence-electron chi connectivity index (χ3n) is 7.47. The summed E-state index contributed by atoms with van der Waals surface area (Å²) in [7, 11) is 0. The lowest BCUT2D eigenvalue weighted by molar-refractivity contribution is 0.100. The van der Waals surface area contributed by atoms with Crippen LogP contribution in [-0.4, -0.2) is 60.0 Å². The molecule has 2 aliphatic rings. The van der Waals surface area contributed by atoms with Gasteiger partial charge in [0.1, 0.15) is 17.1 Å². The van der Waals surface area contributed by atoms with Crippen molar-refractivity contribution in [2.75, 3.05) is 47.9 Å². The minimum Gasteiger partial charge on any atom is -0.396 e. The lowest BCUT2D eigenvalue weighted by Gasteiger charge is -2.33. The third kappa shape index (κ3) is 6.54. The van der Waals surface area contributed by atoms with Crippen LogP contribution in [0.5, 0.6) is 0 Å². The number of nitrogens with zero attached hydrogens (tertiary/aromatic N) is 5. The summed E-state index contributed by atoms with van der Waals surface area (Å²) in [6.07, 6.45) is 7.55. The van der Waals surface area contributed by atoms with Crippen molar-refractivity contribution >= 4 is 35.3 Å². The number of carbonyl (C=O) groups is 1. The Morgan fingerprint density at radius 3 is 2.35 bits per heavy atom. The molecule has 0 atom stereocenters. The SMILES string of the molecule is N#CCC1CCN(c2nc(C=N)c(C(N)=O)c(Nc3ccc(N4CCC(CCCO)CC4)cc3)n2)CC1. The molecule has 2 aromatic rings. The first kappa shape index (κ1) is 26.4. The number of rotatable bonds is 10. The van der Waals surface area contributed by atoms with Gasteiger partial charge in [-0.2, -0.15) is 10.2 Å². The zero-order valence-corrected chi connectivity index (χ0v) is 21.2. The van der Waals surface area contributed by atoms with Crippen LogP contribution in [0.4, 0.5) is 23.1 Å². The van der Waals surface area contributed by atoms with Gasteiger partial charge in [-0.25, -0.2) is 4.98 Å². The molecule has 5 N–H and O–H groups in total. The Morgan fingerprint density at radius 1 is 1.11 bits per heavy atom. The summed E-state index contributed by atoms with van der Waals surface area (Å²) in [6.45, 7) is 3.69. The van der Waals surface area contributed by atoms with Gasteiger partial charge in [-0.05, 0) is 74.6 Å². The monoisotopic (exact) mass is 504 g/mol. The Labute approximate surface area is 218 Å². The summed E-state index contributed by atoms with van der Waals surface area (Å²) in [4.78, 5) is 25.8. The molecule has 4 rings (SSSR count). The number of nitrogens with two attached hydrogens (primary N) is 1. The van der Waals surface area contributed by atoms with Gasteiger partial charge in [0.15, 0.2) is 0 Å². The lowest BCUT2D eigenvalue weighted by Crippen LogP contribution is -2.35. The summed E-state index contributed by atoms with van der Waals surface area (Å²) < 4.78 is 0. The quantitative estimate of drug-likeness (QED) is 0.359. The molecule has 1 amide bonds.